The third-order valence-electron chi connectivity index (χ3n) is 6.06. The predicted molar refractivity (Wildman–Crippen MR) is 95.9 cm³/mol. The van der Waals surface area contributed by atoms with Gasteiger partial charge in [-0.3, -0.25) is 9.67 Å². The van der Waals surface area contributed by atoms with Gasteiger partial charge in [0, 0.05) is 37.9 Å². The molecule has 6 heteroatoms. The summed E-state index contributed by atoms with van der Waals surface area (Å²) in [4.78, 5) is 7.08. The van der Waals surface area contributed by atoms with Crippen molar-refractivity contribution in [3.8, 4) is 0 Å². The Bertz CT molecular complexity index is 605. The third-order valence-corrected chi connectivity index (χ3v) is 6.06. The van der Waals surface area contributed by atoms with Crippen molar-refractivity contribution in [1.82, 2.24) is 20.0 Å². The molecule has 1 atom stereocenters. The highest BCUT2D eigenvalue weighted by molar-refractivity contribution is 5.81. The second-order valence-corrected chi connectivity index (χ2v) is 8.07. The van der Waals surface area contributed by atoms with Crippen molar-refractivity contribution in [1.29, 1.82) is 0 Å². The molecule has 0 bridgehead atoms. The van der Waals surface area contributed by atoms with E-state index in [1.54, 1.807) is 0 Å². The SMILES string of the molecule is CCN=C(NC1C(C)(C)C1(C)C)N1CCOC(c2cnn(C)c2)C1. The fourth-order valence-corrected chi connectivity index (χ4v) is 3.72. The minimum atomic E-state index is 0.0523. The Hall–Kier alpha value is -1.56. The van der Waals surface area contributed by atoms with Crippen LogP contribution in [0, 0.1) is 10.8 Å². The van der Waals surface area contributed by atoms with Gasteiger partial charge in [0.2, 0.25) is 0 Å². The number of rotatable bonds is 3. The van der Waals surface area contributed by atoms with Gasteiger partial charge in [-0.15, -0.1) is 0 Å². The Labute approximate surface area is 145 Å². The molecule has 1 unspecified atom stereocenters. The standard InChI is InChI=1S/C18H31N5O/c1-7-19-16(21-15-17(2,3)18(15,4)5)23-8-9-24-14(12-23)13-10-20-22(6)11-13/h10-11,14-15H,7-9,12H2,1-6H3,(H,19,21). The number of guanidine groups is 1. The molecule has 2 heterocycles. The highest BCUT2D eigenvalue weighted by Crippen LogP contribution is 2.62. The molecule has 1 saturated carbocycles. The lowest BCUT2D eigenvalue weighted by Crippen LogP contribution is -2.49. The Balaban J connectivity index is 1.71. The van der Waals surface area contributed by atoms with Crippen LogP contribution in [-0.4, -0.2) is 52.9 Å². The van der Waals surface area contributed by atoms with Gasteiger partial charge < -0.3 is 15.0 Å². The summed E-state index contributed by atoms with van der Waals surface area (Å²) in [5.74, 6) is 1.01. The molecule has 6 nitrogen and oxygen atoms in total. The van der Waals surface area contributed by atoms with Crippen LogP contribution in [-0.2, 0) is 11.8 Å². The van der Waals surface area contributed by atoms with Crippen molar-refractivity contribution in [2.45, 2.75) is 46.8 Å². The van der Waals surface area contributed by atoms with Crippen LogP contribution in [0.2, 0.25) is 0 Å². The summed E-state index contributed by atoms with van der Waals surface area (Å²) in [5.41, 5.74) is 1.71. The van der Waals surface area contributed by atoms with Crippen LogP contribution in [0.25, 0.3) is 0 Å². The Morgan fingerprint density at radius 2 is 2.08 bits per heavy atom. The molecule has 1 aromatic rings. The first kappa shape index (κ1) is 17.3. The lowest BCUT2D eigenvalue weighted by molar-refractivity contribution is -0.00817. The molecule has 1 aliphatic carbocycles. The first-order valence-corrected chi connectivity index (χ1v) is 8.93. The number of hydrogen-bond acceptors (Lipinski definition) is 3. The predicted octanol–water partition coefficient (Wildman–Crippen LogP) is 2.19. The van der Waals surface area contributed by atoms with E-state index < -0.39 is 0 Å². The molecule has 3 rings (SSSR count). The Morgan fingerprint density at radius 1 is 1.38 bits per heavy atom. The summed E-state index contributed by atoms with van der Waals surface area (Å²) in [6.07, 6.45) is 3.98. The number of aliphatic imine (C=N–C) groups is 1. The summed E-state index contributed by atoms with van der Waals surface area (Å²) in [5, 5.41) is 7.99. The number of nitrogens with one attached hydrogen (secondary N) is 1. The lowest BCUT2D eigenvalue weighted by Gasteiger charge is -2.35. The minimum Gasteiger partial charge on any atom is -0.370 e. The van der Waals surface area contributed by atoms with Crippen LogP contribution < -0.4 is 5.32 Å². The highest BCUT2D eigenvalue weighted by atomic mass is 16.5. The maximum Gasteiger partial charge on any atom is 0.194 e. The Kier molecular flexibility index (Phi) is 4.36. The number of hydrogen-bond donors (Lipinski definition) is 1. The first-order valence-electron chi connectivity index (χ1n) is 8.93. The molecule has 1 N–H and O–H groups in total. The van der Waals surface area contributed by atoms with E-state index in [1.165, 1.54) is 0 Å². The molecule has 0 spiro atoms. The Morgan fingerprint density at radius 3 is 2.62 bits per heavy atom. The molecule has 24 heavy (non-hydrogen) atoms. The second kappa shape index (κ2) is 6.06. The zero-order valence-electron chi connectivity index (χ0n) is 15.8. The van der Waals surface area contributed by atoms with Crippen LogP contribution in [0.5, 0.6) is 0 Å². The fourth-order valence-electron chi connectivity index (χ4n) is 3.72. The van der Waals surface area contributed by atoms with Crippen LogP contribution >= 0.6 is 0 Å². The van der Waals surface area contributed by atoms with Gasteiger partial charge in [-0.05, 0) is 17.8 Å². The molecule has 134 valence electrons. The summed E-state index contributed by atoms with van der Waals surface area (Å²) < 4.78 is 7.79. The average molecular weight is 333 g/mol. The third kappa shape index (κ3) is 2.92. The van der Waals surface area contributed by atoms with Crippen molar-refractivity contribution in [2.24, 2.45) is 22.9 Å². The van der Waals surface area contributed by atoms with Gasteiger partial charge in [-0.25, -0.2) is 0 Å². The highest BCUT2D eigenvalue weighted by Gasteiger charge is 2.65. The van der Waals surface area contributed by atoms with E-state index >= 15 is 0 Å². The minimum absolute atomic E-state index is 0.0523. The molecular formula is C18H31N5O. The molecule has 2 fully saturated rings. The second-order valence-electron chi connectivity index (χ2n) is 8.07. The molecular weight excluding hydrogens is 302 g/mol. The van der Waals surface area contributed by atoms with Crippen LogP contribution in [0.15, 0.2) is 17.4 Å². The van der Waals surface area contributed by atoms with E-state index in [-0.39, 0.29) is 16.9 Å². The number of aromatic nitrogens is 2. The molecule has 0 radical (unpaired) electrons. The number of nitrogens with zero attached hydrogens (tertiary/aromatic N) is 4. The zero-order valence-corrected chi connectivity index (χ0v) is 15.8. The van der Waals surface area contributed by atoms with E-state index in [0.29, 0.717) is 12.6 Å². The maximum absolute atomic E-state index is 5.96. The van der Waals surface area contributed by atoms with E-state index in [4.69, 9.17) is 9.73 Å². The first-order chi connectivity index (χ1) is 11.3. The van der Waals surface area contributed by atoms with Gasteiger partial charge in [0.05, 0.1) is 19.3 Å². The van der Waals surface area contributed by atoms with Crippen LogP contribution in [0.4, 0.5) is 0 Å². The molecule has 0 amide bonds. The maximum atomic E-state index is 5.96. The van der Waals surface area contributed by atoms with Crippen molar-refractivity contribution >= 4 is 5.96 Å². The van der Waals surface area contributed by atoms with E-state index in [2.05, 4.69) is 49.9 Å². The molecule has 0 aromatic carbocycles. The van der Waals surface area contributed by atoms with E-state index in [0.717, 1.165) is 31.2 Å². The van der Waals surface area contributed by atoms with E-state index in [1.807, 2.05) is 24.1 Å². The van der Waals surface area contributed by atoms with Gasteiger partial charge in [0.1, 0.15) is 6.10 Å². The monoisotopic (exact) mass is 333 g/mol. The fraction of sp³-hybridized carbons (Fsp3) is 0.778. The lowest BCUT2D eigenvalue weighted by atomic mass is 10.0. The van der Waals surface area contributed by atoms with E-state index in [9.17, 15) is 0 Å². The molecule has 1 saturated heterocycles. The van der Waals surface area contributed by atoms with Crippen molar-refractivity contribution in [2.75, 3.05) is 26.2 Å². The van der Waals surface area contributed by atoms with Gasteiger partial charge in [-0.1, -0.05) is 27.7 Å². The topological polar surface area (TPSA) is 54.7 Å². The van der Waals surface area contributed by atoms with Gasteiger partial charge in [0.25, 0.3) is 0 Å². The summed E-state index contributed by atoms with van der Waals surface area (Å²) in [7, 11) is 1.94. The largest absolute Gasteiger partial charge is 0.370 e. The smallest absolute Gasteiger partial charge is 0.194 e. The molecule has 2 aliphatic rings. The number of ether oxygens (including phenoxy) is 1. The normalized spacial score (nSPS) is 26.5. The van der Waals surface area contributed by atoms with Crippen LogP contribution in [0.3, 0.4) is 0 Å². The summed E-state index contributed by atoms with van der Waals surface area (Å²) in [6, 6.07) is 0.454. The summed E-state index contributed by atoms with van der Waals surface area (Å²) in [6.45, 7) is 14.6. The van der Waals surface area contributed by atoms with Crippen molar-refractivity contribution in [3.63, 3.8) is 0 Å². The van der Waals surface area contributed by atoms with Gasteiger partial charge >= 0.3 is 0 Å². The van der Waals surface area contributed by atoms with Crippen molar-refractivity contribution < 1.29 is 4.74 Å². The molecule has 1 aromatic heterocycles. The molecule has 1 aliphatic heterocycles. The van der Waals surface area contributed by atoms with Crippen molar-refractivity contribution in [3.05, 3.63) is 18.0 Å². The average Bonchev–Trinajstić information content (AvgIpc) is 2.85. The van der Waals surface area contributed by atoms with Gasteiger partial charge in [0.15, 0.2) is 5.96 Å². The summed E-state index contributed by atoms with van der Waals surface area (Å²) >= 11 is 0. The number of aryl methyl sites for hydroxylation is 1. The number of morpholine rings is 1. The zero-order chi connectivity index (χ0) is 17.5. The quantitative estimate of drug-likeness (QED) is 0.680. The van der Waals surface area contributed by atoms with Crippen LogP contribution in [0.1, 0.15) is 46.3 Å². The van der Waals surface area contributed by atoms with Gasteiger partial charge in [-0.2, -0.15) is 5.10 Å².